The van der Waals surface area contributed by atoms with Crippen molar-refractivity contribution in [2.75, 3.05) is 13.2 Å². The van der Waals surface area contributed by atoms with Crippen LogP contribution in [0.5, 0.6) is 11.5 Å². The molecule has 0 N–H and O–H groups in total. The Morgan fingerprint density at radius 2 is 1.42 bits per heavy atom. The molecular weight excluding hydrogens is 394 g/mol. The third kappa shape index (κ3) is 10.8. The Labute approximate surface area is 188 Å². The number of benzene rings is 1. The zero-order valence-electron chi connectivity index (χ0n) is 19.6. The Bertz CT molecular complexity index is 630. The molecule has 0 amide bonds. The minimum Gasteiger partial charge on any atom is -0.490 e. The highest BCUT2D eigenvalue weighted by Gasteiger charge is 2.16. The van der Waals surface area contributed by atoms with Gasteiger partial charge in [0.1, 0.15) is 0 Å². The van der Waals surface area contributed by atoms with Gasteiger partial charge < -0.3 is 9.47 Å². The monoisotopic (exact) mass is 436 g/mol. The van der Waals surface area contributed by atoms with Gasteiger partial charge in [-0.25, -0.2) is 0 Å². The molecule has 2 nitrogen and oxygen atoms in total. The Hall–Kier alpha value is -1.84. The second-order valence-corrected chi connectivity index (χ2v) is 8.33. The number of hydrogen-bond acceptors (Lipinski definition) is 2. The second-order valence-electron chi connectivity index (χ2n) is 8.33. The molecule has 31 heavy (non-hydrogen) atoms. The fourth-order valence-corrected chi connectivity index (χ4v) is 3.97. The van der Waals surface area contributed by atoms with Crippen LogP contribution < -0.4 is 9.47 Å². The van der Waals surface area contributed by atoms with Gasteiger partial charge in [0.2, 0.25) is 11.6 Å². The fourth-order valence-electron chi connectivity index (χ4n) is 3.97. The predicted molar refractivity (Wildman–Crippen MR) is 127 cm³/mol. The van der Waals surface area contributed by atoms with Crippen LogP contribution in [0.15, 0.2) is 37.4 Å². The van der Waals surface area contributed by atoms with E-state index in [9.17, 15) is 8.78 Å². The number of allylic oxidation sites excluding steroid dienone is 1. The molecule has 0 aromatic heterocycles. The van der Waals surface area contributed by atoms with E-state index in [1.165, 1.54) is 57.1 Å². The van der Waals surface area contributed by atoms with E-state index in [0.717, 1.165) is 25.2 Å². The van der Waals surface area contributed by atoms with Gasteiger partial charge in [-0.05, 0) is 56.1 Å². The lowest BCUT2D eigenvalue weighted by Gasteiger charge is -2.18. The van der Waals surface area contributed by atoms with Gasteiger partial charge in [-0.2, -0.15) is 8.78 Å². The van der Waals surface area contributed by atoms with E-state index in [0.29, 0.717) is 18.9 Å². The predicted octanol–water partition coefficient (Wildman–Crippen LogP) is 8.66. The minimum atomic E-state index is -0.995. The van der Waals surface area contributed by atoms with Crippen molar-refractivity contribution >= 4 is 0 Å². The molecule has 1 aromatic carbocycles. The Morgan fingerprint density at radius 3 is 2.00 bits per heavy atom. The summed E-state index contributed by atoms with van der Waals surface area (Å²) in [5, 5.41) is 0. The highest BCUT2D eigenvalue weighted by molar-refractivity contribution is 5.35. The SMILES string of the molecule is C=CCCOc1ccc(OCCCCC(CCC)CCCC(C=C)CCC)c(F)c1F. The summed E-state index contributed by atoms with van der Waals surface area (Å²) in [6, 6.07) is 2.86. The Balaban J connectivity index is 2.35. The van der Waals surface area contributed by atoms with Crippen molar-refractivity contribution < 1.29 is 18.3 Å². The molecule has 1 rings (SSSR count). The second kappa shape index (κ2) is 16.8. The molecule has 4 heteroatoms. The molecule has 0 aliphatic rings. The smallest absolute Gasteiger partial charge is 0.204 e. The third-order valence-corrected chi connectivity index (χ3v) is 5.73. The van der Waals surface area contributed by atoms with Crippen LogP contribution in [0.25, 0.3) is 0 Å². The molecular formula is C27H42F2O2. The maximum atomic E-state index is 14.2. The number of halogens is 2. The molecule has 0 aliphatic carbocycles. The summed E-state index contributed by atoms with van der Waals surface area (Å²) < 4.78 is 39.0. The first-order valence-electron chi connectivity index (χ1n) is 12.0. The normalized spacial score (nSPS) is 12.9. The molecule has 0 fully saturated rings. The largest absolute Gasteiger partial charge is 0.490 e. The Morgan fingerprint density at radius 1 is 0.806 bits per heavy atom. The van der Waals surface area contributed by atoms with E-state index in [1.807, 2.05) is 0 Å². The molecule has 2 unspecified atom stereocenters. The topological polar surface area (TPSA) is 18.5 Å². The van der Waals surface area contributed by atoms with Crippen molar-refractivity contribution in [2.45, 2.75) is 84.5 Å². The molecule has 0 aliphatic heterocycles. The highest BCUT2D eigenvalue weighted by Crippen LogP contribution is 2.28. The van der Waals surface area contributed by atoms with Crippen LogP contribution in [-0.2, 0) is 0 Å². The van der Waals surface area contributed by atoms with Crippen molar-refractivity contribution in [3.63, 3.8) is 0 Å². The number of ether oxygens (including phenoxy) is 2. The minimum absolute atomic E-state index is 0.0509. The van der Waals surface area contributed by atoms with Gasteiger partial charge in [0, 0.05) is 0 Å². The van der Waals surface area contributed by atoms with Crippen LogP contribution >= 0.6 is 0 Å². The summed E-state index contributed by atoms with van der Waals surface area (Å²) in [5.41, 5.74) is 0. The lowest BCUT2D eigenvalue weighted by Crippen LogP contribution is -2.06. The van der Waals surface area contributed by atoms with E-state index >= 15 is 0 Å². The van der Waals surface area contributed by atoms with Crippen molar-refractivity contribution in [1.82, 2.24) is 0 Å². The standard InChI is InChI=1S/C27H42F2O2/c1-5-9-20-30-24-18-19-25(27(29)26(24)28)31-21-11-10-15-23(14-7-3)17-12-16-22(8-4)13-6-2/h5,8,18-19,22-23H,1,4,6-7,9-17,20-21H2,2-3H3. The van der Waals surface area contributed by atoms with Crippen LogP contribution in [0.1, 0.15) is 84.5 Å². The van der Waals surface area contributed by atoms with Crippen molar-refractivity contribution in [3.05, 3.63) is 49.1 Å². The van der Waals surface area contributed by atoms with Crippen LogP contribution in [0.4, 0.5) is 8.78 Å². The average Bonchev–Trinajstić information content (AvgIpc) is 2.77. The summed E-state index contributed by atoms with van der Waals surface area (Å²) in [6.45, 7) is 12.7. The number of hydrogen-bond donors (Lipinski definition) is 0. The van der Waals surface area contributed by atoms with Crippen LogP contribution in [-0.4, -0.2) is 13.2 Å². The quantitative estimate of drug-likeness (QED) is 0.159. The third-order valence-electron chi connectivity index (χ3n) is 5.73. The van der Waals surface area contributed by atoms with E-state index in [2.05, 4.69) is 33.1 Å². The molecule has 2 atom stereocenters. The zero-order chi connectivity index (χ0) is 22.9. The van der Waals surface area contributed by atoms with Gasteiger partial charge in [0.15, 0.2) is 11.5 Å². The summed E-state index contributed by atoms with van der Waals surface area (Å²) >= 11 is 0. The molecule has 0 spiro atoms. The number of unbranched alkanes of at least 4 members (excludes halogenated alkanes) is 1. The lowest BCUT2D eigenvalue weighted by atomic mass is 9.89. The lowest BCUT2D eigenvalue weighted by molar-refractivity contribution is 0.267. The average molecular weight is 437 g/mol. The molecule has 0 heterocycles. The van der Waals surface area contributed by atoms with Crippen molar-refractivity contribution in [2.24, 2.45) is 11.8 Å². The van der Waals surface area contributed by atoms with Gasteiger partial charge in [-0.15, -0.1) is 13.2 Å². The first-order chi connectivity index (χ1) is 15.1. The first-order valence-corrected chi connectivity index (χ1v) is 12.0. The summed E-state index contributed by atoms with van der Waals surface area (Å²) in [6.07, 6.45) is 16.0. The molecule has 0 radical (unpaired) electrons. The van der Waals surface area contributed by atoms with Gasteiger partial charge in [-0.3, -0.25) is 0 Å². The van der Waals surface area contributed by atoms with E-state index in [-0.39, 0.29) is 18.1 Å². The maximum absolute atomic E-state index is 14.2. The van der Waals surface area contributed by atoms with Crippen LogP contribution in [0, 0.1) is 23.5 Å². The van der Waals surface area contributed by atoms with Crippen molar-refractivity contribution in [1.29, 1.82) is 0 Å². The van der Waals surface area contributed by atoms with Crippen LogP contribution in [0.2, 0.25) is 0 Å². The summed E-state index contributed by atoms with van der Waals surface area (Å²) in [7, 11) is 0. The molecule has 176 valence electrons. The van der Waals surface area contributed by atoms with Gasteiger partial charge in [0.25, 0.3) is 0 Å². The van der Waals surface area contributed by atoms with Gasteiger partial charge in [0.05, 0.1) is 13.2 Å². The van der Waals surface area contributed by atoms with E-state index in [4.69, 9.17) is 9.47 Å². The van der Waals surface area contributed by atoms with E-state index < -0.39 is 11.6 Å². The van der Waals surface area contributed by atoms with Gasteiger partial charge in [-0.1, -0.05) is 64.5 Å². The number of rotatable bonds is 19. The van der Waals surface area contributed by atoms with Crippen LogP contribution in [0.3, 0.4) is 0 Å². The Kier molecular flexibility index (Phi) is 14.7. The molecule has 1 aromatic rings. The molecule has 0 bridgehead atoms. The maximum Gasteiger partial charge on any atom is 0.204 e. The molecule has 0 saturated carbocycles. The van der Waals surface area contributed by atoms with E-state index in [1.54, 1.807) is 6.08 Å². The summed E-state index contributed by atoms with van der Waals surface area (Å²) in [5.74, 6) is -0.737. The first kappa shape index (κ1) is 27.2. The van der Waals surface area contributed by atoms with Crippen molar-refractivity contribution in [3.8, 4) is 11.5 Å². The van der Waals surface area contributed by atoms with Gasteiger partial charge >= 0.3 is 0 Å². The fraction of sp³-hybridized carbons (Fsp3) is 0.630. The molecule has 0 saturated heterocycles. The zero-order valence-corrected chi connectivity index (χ0v) is 19.6. The summed E-state index contributed by atoms with van der Waals surface area (Å²) in [4.78, 5) is 0. The highest BCUT2D eigenvalue weighted by atomic mass is 19.2.